The highest BCUT2D eigenvalue weighted by atomic mass is 32.2. The van der Waals surface area contributed by atoms with Crippen molar-refractivity contribution in [3.05, 3.63) is 83.0 Å². The fourth-order valence-electron chi connectivity index (χ4n) is 2.62. The van der Waals surface area contributed by atoms with Crippen molar-refractivity contribution in [3.8, 4) is 0 Å². The van der Waals surface area contributed by atoms with Crippen LogP contribution in [0.2, 0.25) is 0 Å². The molecule has 2 nitrogen and oxygen atoms in total. The van der Waals surface area contributed by atoms with Crippen LogP contribution in [0.5, 0.6) is 0 Å². The van der Waals surface area contributed by atoms with E-state index in [0.29, 0.717) is 22.6 Å². The molecule has 0 saturated carbocycles. The highest BCUT2D eigenvalue weighted by Crippen LogP contribution is 2.28. The van der Waals surface area contributed by atoms with Gasteiger partial charge in [-0.3, -0.25) is 0 Å². The van der Waals surface area contributed by atoms with Gasteiger partial charge >= 0.3 is 0 Å². The minimum atomic E-state index is -3.55. The lowest BCUT2D eigenvalue weighted by Crippen LogP contribution is -2.08. The van der Waals surface area contributed by atoms with Gasteiger partial charge < -0.3 is 0 Å². The maximum Gasteiger partial charge on any atom is 0.207 e. The molecule has 3 heteroatoms. The van der Waals surface area contributed by atoms with Crippen molar-refractivity contribution < 1.29 is 8.42 Å². The van der Waals surface area contributed by atoms with E-state index in [-0.39, 0.29) is 0 Å². The molecule has 0 aliphatic heterocycles. The quantitative estimate of drug-likeness (QED) is 0.639. The summed E-state index contributed by atoms with van der Waals surface area (Å²) in [4.78, 5) is 0.800. The highest BCUT2D eigenvalue weighted by molar-refractivity contribution is 7.91. The molecule has 0 amide bonds. The number of benzene rings is 2. The van der Waals surface area contributed by atoms with Gasteiger partial charge in [-0.15, -0.1) is 0 Å². The van der Waals surface area contributed by atoms with Gasteiger partial charge in [0.1, 0.15) is 0 Å². The Morgan fingerprint density at radius 2 is 1.08 bits per heavy atom. The fourth-order valence-corrected chi connectivity index (χ4v) is 4.36. The molecule has 0 unspecified atom stereocenters. The van der Waals surface area contributed by atoms with E-state index in [1.165, 1.54) is 11.1 Å². The molecule has 2 rings (SSSR count). The van der Waals surface area contributed by atoms with E-state index in [9.17, 15) is 8.42 Å². The first-order chi connectivity index (χ1) is 11.8. The molecule has 0 atom stereocenters. The lowest BCUT2D eigenvalue weighted by atomic mass is 10.1. The van der Waals surface area contributed by atoms with Gasteiger partial charge in [-0.25, -0.2) is 8.42 Å². The topological polar surface area (TPSA) is 34.1 Å². The molecule has 2 aromatic rings. The van der Waals surface area contributed by atoms with Gasteiger partial charge in [-0.1, -0.05) is 59.7 Å². The van der Waals surface area contributed by atoms with Crippen molar-refractivity contribution >= 4 is 9.84 Å². The van der Waals surface area contributed by atoms with Crippen molar-refractivity contribution in [1.29, 1.82) is 0 Å². The molecular weight excluding hydrogens is 328 g/mol. The van der Waals surface area contributed by atoms with E-state index in [4.69, 9.17) is 0 Å². The largest absolute Gasteiger partial charge is 0.218 e. The number of hydrogen-bond donors (Lipinski definition) is 0. The predicted octanol–water partition coefficient (Wildman–Crippen LogP) is 5.54. The minimum absolute atomic E-state index is 0.400. The molecule has 25 heavy (non-hydrogen) atoms. The Morgan fingerprint density at radius 1 is 0.720 bits per heavy atom. The van der Waals surface area contributed by atoms with E-state index in [0.717, 1.165) is 11.1 Å². The molecule has 0 bridgehead atoms. The first kappa shape index (κ1) is 19.2. The summed E-state index contributed by atoms with van der Waals surface area (Å²) in [6.07, 6.45) is 5.36. The molecule has 132 valence electrons. The normalized spacial score (nSPS) is 11.0. The van der Waals surface area contributed by atoms with Crippen molar-refractivity contribution in [2.45, 2.75) is 50.3 Å². The van der Waals surface area contributed by atoms with Gasteiger partial charge in [0, 0.05) is 0 Å². The van der Waals surface area contributed by atoms with Crippen LogP contribution in [0.15, 0.2) is 81.6 Å². The van der Waals surface area contributed by atoms with Crippen LogP contribution in [0.4, 0.5) is 0 Å². The van der Waals surface area contributed by atoms with Crippen molar-refractivity contribution in [2.75, 3.05) is 0 Å². The predicted molar refractivity (Wildman–Crippen MR) is 105 cm³/mol. The fraction of sp³-hybridized carbons (Fsp3) is 0.273. The first-order valence-electron chi connectivity index (χ1n) is 8.50. The van der Waals surface area contributed by atoms with Gasteiger partial charge in [0.25, 0.3) is 0 Å². The molecule has 0 heterocycles. The minimum Gasteiger partial charge on any atom is -0.218 e. The average Bonchev–Trinajstić information content (AvgIpc) is 2.58. The lowest BCUT2D eigenvalue weighted by Gasteiger charge is -2.13. The molecule has 2 aromatic carbocycles. The van der Waals surface area contributed by atoms with E-state index in [1.807, 2.05) is 52.0 Å². The summed E-state index contributed by atoms with van der Waals surface area (Å²) in [6, 6.07) is 14.6. The third kappa shape index (κ3) is 4.93. The van der Waals surface area contributed by atoms with Gasteiger partial charge in [0.15, 0.2) is 0 Å². The van der Waals surface area contributed by atoms with Crippen LogP contribution in [-0.4, -0.2) is 8.42 Å². The standard InChI is InChI=1S/C22H26O2S/c1-17(2)13-15-19-9-5-7-11-21(19)25(23,24)22-12-8-6-10-20(22)16-14-18(3)4/h5-14H,15-16H2,1-4H3. The molecule has 0 spiro atoms. The van der Waals surface area contributed by atoms with Crippen LogP contribution in [-0.2, 0) is 22.7 Å². The highest BCUT2D eigenvalue weighted by Gasteiger charge is 2.23. The summed E-state index contributed by atoms with van der Waals surface area (Å²) in [5, 5.41) is 0. The Balaban J connectivity index is 2.54. The van der Waals surface area contributed by atoms with Crippen molar-refractivity contribution in [3.63, 3.8) is 0 Å². The van der Waals surface area contributed by atoms with Gasteiger partial charge in [-0.05, 0) is 63.8 Å². The Kier molecular flexibility index (Phi) is 6.38. The van der Waals surface area contributed by atoms with Gasteiger partial charge in [0.05, 0.1) is 9.79 Å². The Morgan fingerprint density at radius 3 is 1.44 bits per heavy atom. The second-order valence-corrected chi connectivity index (χ2v) is 8.58. The maximum atomic E-state index is 13.3. The zero-order valence-electron chi connectivity index (χ0n) is 15.4. The van der Waals surface area contributed by atoms with Gasteiger partial charge in [-0.2, -0.15) is 0 Å². The maximum absolute atomic E-state index is 13.3. The smallest absolute Gasteiger partial charge is 0.207 e. The summed E-state index contributed by atoms with van der Waals surface area (Å²) >= 11 is 0. The molecular formula is C22H26O2S. The van der Waals surface area contributed by atoms with Crippen LogP contribution >= 0.6 is 0 Å². The molecule has 0 radical (unpaired) electrons. The molecule has 0 aliphatic carbocycles. The SMILES string of the molecule is CC(C)=CCc1ccccc1S(=O)(=O)c1ccccc1CC=C(C)C. The van der Waals surface area contributed by atoms with E-state index < -0.39 is 9.84 Å². The molecule has 0 aromatic heterocycles. The molecule has 0 N–H and O–H groups in total. The molecule has 0 fully saturated rings. The van der Waals surface area contributed by atoms with Crippen molar-refractivity contribution in [2.24, 2.45) is 0 Å². The zero-order valence-corrected chi connectivity index (χ0v) is 16.2. The lowest BCUT2D eigenvalue weighted by molar-refractivity contribution is 0.594. The van der Waals surface area contributed by atoms with E-state index in [1.54, 1.807) is 24.3 Å². The van der Waals surface area contributed by atoms with Crippen LogP contribution in [0.1, 0.15) is 38.8 Å². The number of allylic oxidation sites excluding steroid dienone is 4. The number of rotatable bonds is 6. The molecule has 0 aliphatic rings. The van der Waals surface area contributed by atoms with E-state index in [2.05, 4.69) is 12.2 Å². The Bertz CT molecular complexity index is 826. The third-order valence-corrected chi connectivity index (χ3v) is 5.94. The zero-order chi connectivity index (χ0) is 18.4. The second kappa shape index (κ2) is 8.30. The number of hydrogen-bond acceptors (Lipinski definition) is 2. The summed E-state index contributed by atoms with van der Waals surface area (Å²) in [7, 11) is -3.55. The first-order valence-corrected chi connectivity index (χ1v) is 9.98. The average molecular weight is 355 g/mol. The number of sulfone groups is 1. The second-order valence-electron chi connectivity index (χ2n) is 6.69. The van der Waals surface area contributed by atoms with Gasteiger partial charge in [0.2, 0.25) is 9.84 Å². The van der Waals surface area contributed by atoms with Crippen LogP contribution < -0.4 is 0 Å². The van der Waals surface area contributed by atoms with Crippen LogP contribution in [0, 0.1) is 0 Å². The summed E-state index contributed by atoms with van der Waals surface area (Å²) in [5.41, 5.74) is 4.02. The molecule has 0 saturated heterocycles. The van der Waals surface area contributed by atoms with Crippen molar-refractivity contribution in [1.82, 2.24) is 0 Å². The van der Waals surface area contributed by atoms with E-state index >= 15 is 0 Å². The van der Waals surface area contributed by atoms with Crippen LogP contribution in [0.3, 0.4) is 0 Å². The summed E-state index contributed by atoms with van der Waals surface area (Å²) < 4.78 is 26.6. The Hall–Kier alpha value is -2.13. The summed E-state index contributed by atoms with van der Waals surface area (Å²) in [6.45, 7) is 8.08. The Labute approximate surface area is 151 Å². The third-order valence-electron chi connectivity index (χ3n) is 3.98. The monoisotopic (exact) mass is 354 g/mol. The summed E-state index contributed by atoms with van der Waals surface area (Å²) in [5.74, 6) is 0. The van der Waals surface area contributed by atoms with Crippen LogP contribution in [0.25, 0.3) is 0 Å².